The van der Waals surface area contributed by atoms with E-state index in [-0.39, 0.29) is 17.6 Å². The van der Waals surface area contributed by atoms with Gasteiger partial charge in [0.2, 0.25) is 17.7 Å². The fourth-order valence-electron chi connectivity index (χ4n) is 7.51. The third-order valence-electron chi connectivity index (χ3n) is 11.6. The molecule has 2 saturated heterocycles. The van der Waals surface area contributed by atoms with E-state index >= 15 is 0 Å². The average Bonchev–Trinajstić information content (AvgIpc) is 3.22. The molecule has 0 bridgehead atoms. The molecular weight excluding hydrogens is 757 g/mol. The molecule has 2 unspecified atom stereocenters. The van der Waals surface area contributed by atoms with Crippen molar-refractivity contribution in [2.75, 3.05) is 51.1 Å². The predicted molar refractivity (Wildman–Crippen MR) is 254 cm³/mol. The van der Waals surface area contributed by atoms with E-state index in [4.69, 9.17) is 0 Å². The van der Waals surface area contributed by atoms with Crippen molar-refractivity contribution in [1.82, 2.24) is 14.7 Å². The highest BCUT2D eigenvalue weighted by Gasteiger charge is 2.24. The molecule has 334 valence electrons. The molecule has 2 atom stereocenters. The number of ketones is 1. The summed E-state index contributed by atoms with van der Waals surface area (Å²) in [5.74, 6) is 3.39. The standard InChI is InChI=1S/C20H31NO.C18H26N2O.C15H21NO2/c1-15(2)12-20(22)21-11-5-6-18(14-21)13-17-7-9-19(10-8-17)16(3)4;1-16(2)15-18(21)20-13-11-19(12-14-20)10-6-9-17-7-4-3-5-8-17;1-10(2)11(3)15(18)9-13-5-7-14(8-6-13)16-12(4)17/h7-10,15-16,18H,5-6,11-14H2,1-4H3;3-9,16H,10-15H2,1-2H3;5-8,10-11H,9H2,1-4H3,(H,16,17)/b;9-6+;. The van der Waals surface area contributed by atoms with Crippen LogP contribution in [0.25, 0.3) is 6.08 Å². The molecular formula is C53H78N4O4. The number of Topliss-reactive ketones (excluding diaryl/α,β-unsaturated/α-hetero) is 1. The summed E-state index contributed by atoms with van der Waals surface area (Å²) in [7, 11) is 0. The van der Waals surface area contributed by atoms with Crippen LogP contribution in [0.5, 0.6) is 0 Å². The Kier molecular flexibility index (Phi) is 22.2. The maximum atomic E-state index is 12.3. The lowest BCUT2D eigenvalue weighted by Gasteiger charge is -2.34. The first-order chi connectivity index (χ1) is 29.0. The van der Waals surface area contributed by atoms with Gasteiger partial charge in [-0.2, -0.15) is 0 Å². The monoisotopic (exact) mass is 835 g/mol. The molecule has 0 radical (unpaired) electrons. The number of rotatable bonds is 15. The Morgan fingerprint density at radius 2 is 1.26 bits per heavy atom. The van der Waals surface area contributed by atoms with Gasteiger partial charge in [-0.3, -0.25) is 24.1 Å². The van der Waals surface area contributed by atoms with Gasteiger partial charge in [0, 0.05) is 83.6 Å². The average molecular weight is 835 g/mol. The summed E-state index contributed by atoms with van der Waals surface area (Å²) in [4.78, 5) is 53.6. The van der Waals surface area contributed by atoms with E-state index < -0.39 is 0 Å². The van der Waals surface area contributed by atoms with Crippen LogP contribution in [0.1, 0.15) is 123 Å². The molecule has 0 aliphatic carbocycles. The molecule has 3 amide bonds. The molecule has 1 N–H and O–H groups in total. The molecule has 8 heteroatoms. The smallest absolute Gasteiger partial charge is 0.222 e. The lowest BCUT2D eigenvalue weighted by atomic mass is 9.90. The van der Waals surface area contributed by atoms with Crippen molar-refractivity contribution in [3.63, 3.8) is 0 Å². The third-order valence-corrected chi connectivity index (χ3v) is 11.6. The van der Waals surface area contributed by atoms with Crippen molar-refractivity contribution >= 4 is 35.3 Å². The Morgan fingerprint density at radius 3 is 1.80 bits per heavy atom. The third kappa shape index (κ3) is 19.8. The van der Waals surface area contributed by atoms with Gasteiger partial charge in [0.15, 0.2) is 0 Å². The number of nitrogens with zero attached hydrogens (tertiary/aromatic N) is 3. The Hall–Kier alpha value is -4.56. The number of amides is 3. The molecule has 2 fully saturated rings. The minimum Gasteiger partial charge on any atom is -0.342 e. The van der Waals surface area contributed by atoms with Gasteiger partial charge in [-0.15, -0.1) is 0 Å². The molecule has 3 aromatic rings. The van der Waals surface area contributed by atoms with Crippen molar-refractivity contribution in [1.29, 1.82) is 0 Å². The number of hydrogen-bond acceptors (Lipinski definition) is 5. The highest BCUT2D eigenvalue weighted by atomic mass is 16.2. The minimum absolute atomic E-state index is 0.0834. The normalized spacial score (nSPS) is 16.3. The number of piperazine rings is 1. The summed E-state index contributed by atoms with van der Waals surface area (Å²) in [6.45, 7) is 27.0. The van der Waals surface area contributed by atoms with Gasteiger partial charge in [-0.25, -0.2) is 0 Å². The largest absolute Gasteiger partial charge is 0.342 e. The molecule has 5 rings (SSSR count). The van der Waals surface area contributed by atoms with E-state index in [1.165, 1.54) is 30.0 Å². The second-order valence-electron chi connectivity index (χ2n) is 18.7. The summed E-state index contributed by atoms with van der Waals surface area (Å²) in [5, 5.41) is 2.70. The second-order valence-corrected chi connectivity index (χ2v) is 18.7. The minimum atomic E-state index is -0.0905. The number of benzene rings is 3. The zero-order valence-electron chi connectivity index (χ0n) is 39.3. The fourth-order valence-corrected chi connectivity index (χ4v) is 7.51. The van der Waals surface area contributed by atoms with Gasteiger partial charge >= 0.3 is 0 Å². The number of piperidine rings is 1. The molecule has 8 nitrogen and oxygen atoms in total. The van der Waals surface area contributed by atoms with Crippen molar-refractivity contribution in [2.24, 2.45) is 29.6 Å². The van der Waals surface area contributed by atoms with Crippen molar-refractivity contribution in [3.05, 3.63) is 107 Å². The van der Waals surface area contributed by atoms with Gasteiger partial charge in [0.25, 0.3) is 0 Å². The second kappa shape index (κ2) is 26.7. The SMILES string of the molecule is CC(=O)Nc1ccc(CC(=O)C(C)C(C)C)cc1.CC(C)CC(=O)N1CCCC(Cc2ccc(C(C)C)cc2)C1.CC(C)CC(=O)N1CCN(C/C=C/c2ccccc2)CC1. The first-order valence-electron chi connectivity index (χ1n) is 23.0. The zero-order valence-corrected chi connectivity index (χ0v) is 39.3. The van der Waals surface area contributed by atoms with Crippen LogP contribution in [-0.4, -0.2) is 84.0 Å². The molecule has 0 aromatic heterocycles. The summed E-state index contributed by atoms with van der Waals surface area (Å²) in [6, 6.07) is 26.8. The fraction of sp³-hybridized carbons (Fsp3) is 0.547. The first-order valence-corrected chi connectivity index (χ1v) is 23.0. The zero-order chi connectivity index (χ0) is 44.9. The maximum absolute atomic E-state index is 12.3. The number of hydrogen-bond donors (Lipinski definition) is 1. The summed E-state index contributed by atoms with van der Waals surface area (Å²) in [6.07, 6.45) is 9.69. The Labute approximate surface area is 369 Å². The first kappa shape index (κ1) is 50.8. The number of likely N-dealkylation sites (tertiary alicyclic amines) is 1. The van der Waals surface area contributed by atoms with E-state index in [0.29, 0.717) is 60.7 Å². The van der Waals surface area contributed by atoms with Crippen LogP contribution < -0.4 is 5.32 Å². The molecule has 2 aliphatic heterocycles. The summed E-state index contributed by atoms with van der Waals surface area (Å²) in [5.41, 5.74) is 5.80. The number of anilines is 1. The van der Waals surface area contributed by atoms with E-state index in [1.807, 2.05) is 42.2 Å². The van der Waals surface area contributed by atoms with Crippen LogP contribution in [-0.2, 0) is 32.0 Å². The Balaban J connectivity index is 0.000000245. The highest BCUT2D eigenvalue weighted by molar-refractivity contribution is 5.89. The molecule has 61 heavy (non-hydrogen) atoms. The van der Waals surface area contributed by atoms with Crippen LogP contribution in [0, 0.1) is 29.6 Å². The molecule has 2 heterocycles. The van der Waals surface area contributed by atoms with Crippen LogP contribution in [0.15, 0.2) is 84.9 Å². The predicted octanol–water partition coefficient (Wildman–Crippen LogP) is 10.6. The van der Waals surface area contributed by atoms with Gasteiger partial charge in [-0.05, 0) is 83.2 Å². The quantitative estimate of drug-likeness (QED) is 0.165. The van der Waals surface area contributed by atoms with Crippen molar-refractivity contribution in [3.8, 4) is 0 Å². The molecule has 0 spiro atoms. The van der Waals surface area contributed by atoms with Crippen LogP contribution >= 0.6 is 0 Å². The van der Waals surface area contributed by atoms with Crippen LogP contribution in [0.2, 0.25) is 0 Å². The Morgan fingerprint density at radius 1 is 0.689 bits per heavy atom. The van der Waals surface area contributed by atoms with Gasteiger partial charge < -0.3 is 15.1 Å². The maximum Gasteiger partial charge on any atom is 0.222 e. The van der Waals surface area contributed by atoms with E-state index in [0.717, 1.165) is 69.9 Å². The molecule has 2 aliphatic rings. The number of carbonyl (C=O) groups is 4. The number of nitrogens with one attached hydrogen (secondary N) is 1. The Bertz CT molecular complexity index is 1770. The van der Waals surface area contributed by atoms with Gasteiger partial charge in [0.05, 0.1) is 0 Å². The molecule has 3 aromatic carbocycles. The van der Waals surface area contributed by atoms with Crippen molar-refractivity contribution in [2.45, 2.75) is 114 Å². The lowest BCUT2D eigenvalue weighted by molar-refractivity contribution is -0.134. The molecule has 0 saturated carbocycles. The van der Waals surface area contributed by atoms with Gasteiger partial charge in [0.1, 0.15) is 5.78 Å². The topological polar surface area (TPSA) is 90.0 Å². The summed E-state index contributed by atoms with van der Waals surface area (Å²) >= 11 is 0. The van der Waals surface area contributed by atoms with Crippen LogP contribution in [0.3, 0.4) is 0 Å². The van der Waals surface area contributed by atoms with Crippen molar-refractivity contribution < 1.29 is 19.2 Å². The van der Waals surface area contributed by atoms with Crippen LogP contribution in [0.4, 0.5) is 5.69 Å². The highest BCUT2D eigenvalue weighted by Crippen LogP contribution is 2.24. The van der Waals surface area contributed by atoms with E-state index in [1.54, 1.807) is 0 Å². The van der Waals surface area contributed by atoms with Gasteiger partial charge in [-0.1, -0.05) is 141 Å². The van der Waals surface area contributed by atoms with E-state index in [2.05, 4.69) is 131 Å². The lowest BCUT2D eigenvalue weighted by Crippen LogP contribution is -2.48. The van der Waals surface area contributed by atoms with E-state index in [9.17, 15) is 19.2 Å². The summed E-state index contributed by atoms with van der Waals surface area (Å²) < 4.78 is 0. The number of carbonyl (C=O) groups excluding carboxylic acids is 4.